The number of carbonyl (C=O) groups is 2. The third-order valence-corrected chi connectivity index (χ3v) is 10.8. The van der Waals surface area contributed by atoms with Crippen molar-refractivity contribution in [1.29, 1.82) is 0 Å². The van der Waals surface area contributed by atoms with Gasteiger partial charge in [-0.3, -0.25) is 14.3 Å². The molecule has 2 aliphatic rings. The first kappa shape index (κ1) is 30.0. The summed E-state index contributed by atoms with van der Waals surface area (Å²) in [6.07, 6.45) is 0.974. The summed E-state index contributed by atoms with van der Waals surface area (Å²) < 4.78 is 24.5. The molecule has 1 fully saturated rings. The van der Waals surface area contributed by atoms with E-state index in [9.17, 15) is 19.8 Å². The molecule has 2 amide bonds. The second-order valence-corrected chi connectivity index (χ2v) is 15.6. The number of fused-ring (bicyclic) bond motifs is 2. The lowest BCUT2D eigenvalue weighted by Gasteiger charge is -2.31. The minimum Gasteiger partial charge on any atom is -0.396 e. The molecule has 3 aromatic rings. The van der Waals surface area contributed by atoms with E-state index in [1.54, 1.807) is 47.1 Å². The van der Waals surface area contributed by atoms with E-state index in [4.69, 9.17) is 4.74 Å². The van der Waals surface area contributed by atoms with Crippen LogP contribution in [0.4, 0.5) is 15.5 Å². The quantitative estimate of drug-likeness (QED) is 0.242. The lowest BCUT2D eigenvalue weighted by Crippen LogP contribution is -2.45. The molecule has 1 spiro atoms. The fraction of sp³-hybridized carbons (Fsp3) is 0.467. The normalized spacial score (nSPS) is 24.3. The molecule has 12 heteroatoms. The van der Waals surface area contributed by atoms with Crippen LogP contribution in [0.2, 0.25) is 18.6 Å². The average molecular weight is 596 g/mol. The van der Waals surface area contributed by atoms with E-state index in [-0.39, 0.29) is 19.1 Å². The molecule has 0 bridgehead atoms. The van der Waals surface area contributed by atoms with Gasteiger partial charge in [0.1, 0.15) is 6.10 Å². The summed E-state index contributed by atoms with van der Waals surface area (Å²) in [6.45, 7) is 7.32. The number of aromatic nitrogens is 3. The maximum atomic E-state index is 16.0. The first-order chi connectivity index (χ1) is 20.0. The van der Waals surface area contributed by atoms with Crippen molar-refractivity contribution in [2.45, 2.75) is 76.2 Å². The minimum atomic E-state index is -3.30. The van der Waals surface area contributed by atoms with Gasteiger partial charge in [-0.1, -0.05) is 42.5 Å². The van der Waals surface area contributed by atoms with Gasteiger partial charge in [0.2, 0.25) is 8.41 Å². The van der Waals surface area contributed by atoms with Crippen LogP contribution in [0.25, 0.3) is 0 Å². The van der Waals surface area contributed by atoms with Crippen molar-refractivity contribution in [3.05, 3.63) is 71.5 Å². The molecule has 5 rings (SSSR count). The number of halogens is 1. The molecular weight excluding hydrogens is 557 g/mol. The molecule has 3 N–H and O–H groups in total. The molecule has 0 unspecified atom stereocenters. The van der Waals surface area contributed by atoms with Crippen LogP contribution in [0, 0.1) is 5.92 Å². The number of benzene rings is 2. The lowest BCUT2D eigenvalue weighted by molar-refractivity contribution is -0.146. The number of para-hydroxylation sites is 1. The Hall–Kier alpha value is -3.45. The van der Waals surface area contributed by atoms with E-state index in [2.05, 4.69) is 15.6 Å². The number of ether oxygens (including phenoxy) is 1. The monoisotopic (exact) mass is 595 g/mol. The second kappa shape index (κ2) is 11.7. The predicted molar refractivity (Wildman–Crippen MR) is 158 cm³/mol. The molecule has 2 aliphatic heterocycles. The van der Waals surface area contributed by atoms with Crippen LogP contribution in [0.15, 0.2) is 54.7 Å². The van der Waals surface area contributed by atoms with E-state index in [1.165, 1.54) is 6.92 Å². The van der Waals surface area contributed by atoms with Crippen LogP contribution in [0.1, 0.15) is 37.1 Å². The Labute approximate surface area is 245 Å². The number of amides is 2. The van der Waals surface area contributed by atoms with Crippen molar-refractivity contribution in [3.63, 3.8) is 0 Å². The molecule has 0 saturated carbocycles. The number of aliphatic hydroxyl groups is 2. The maximum Gasteiger partial charge on any atom is 0.264 e. The number of hydrogen-bond acceptors (Lipinski definition) is 7. The largest absolute Gasteiger partial charge is 0.396 e. The number of nitrogens with one attached hydrogen (secondary N) is 1. The summed E-state index contributed by atoms with van der Waals surface area (Å²) in [6, 6.07) is 14.7. The van der Waals surface area contributed by atoms with E-state index in [1.807, 2.05) is 37.3 Å². The third-order valence-electron chi connectivity index (χ3n) is 8.38. The van der Waals surface area contributed by atoms with Crippen molar-refractivity contribution in [2.75, 3.05) is 16.8 Å². The van der Waals surface area contributed by atoms with Gasteiger partial charge in [0.15, 0.2) is 5.60 Å². The molecular formula is C30H38FN5O5Si. The van der Waals surface area contributed by atoms with Crippen molar-refractivity contribution < 1.29 is 28.6 Å². The van der Waals surface area contributed by atoms with E-state index >= 15 is 4.11 Å². The second-order valence-electron chi connectivity index (χ2n) is 11.8. The summed E-state index contributed by atoms with van der Waals surface area (Å²) in [5, 5.41) is 29.7. The average Bonchev–Trinajstić information content (AvgIpc) is 3.58. The van der Waals surface area contributed by atoms with Gasteiger partial charge >= 0.3 is 0 Å². The van der Waals surface area contributed by atoms with Gasteiger partial charge in [-0.25, -0.2) is 0 Å². The van der Waals surface area contributed by atoms with Gasteiger partial charge in [-0.2, -0.15) is 0 Å². The van der Waals surface area contributed by atoms with Gasteiger partial charge in [0.25, 0.3) is 11.8 Å². The first-order valence-corrected chi connectivity index (χ1v) is 17.3. The van der Waals surface area contributed by atoms with Crippen LogP contribution < -0.4 is 10.2 Å². The molecule has 1 aromatic heterocycles. The number of anilines is 2. The summed E-state index contributed by atoms with van der Waals surface area (Å²) in [4.78, 5) is 28.2. The van der Waals surface area contributed by atoms with Crippen molar-refractivity contribution >= 4 is 31.6 Å². The first-order valence-electron chi connectivity index (χ1n) is 14.3. The zero-order chi connectivity index (χ0) is 30.2. The van der Waals surface area contributed by atoms with E-state index in [0.29, 0.717) is 30.8 Å². The van der Waals surface area contributed by atoms with Crippen molar-refractivity contribution in [3.8, 4) is 0 Å². The minimum absolute atomic E-state index is 0.0208. The number of aryl methyl sites for hydroxylation is 1. The Morgan fingerprint density at radius 3 is 2.71 bits per heavy atom. The van der Waals surface area contributed by atoms with Crippen molar-refractivity contribution in [2.24, 2.45) is 5.92 Å². The summed E-state index contributed by atoms with van der Waals surface area (Å²) in [7, 11) is -3.30. The van der Waals surface area contributed by atoms with E-state index in [0.717, 1.165) is 16.8 Å². The lowest BCUT2D eigenvalue weighted by atomic mass is 9.82. The molecule has 0 radical (unpaired) electrons. The smallest absolute Gasteiger partial charge is 0.264 e. The van der Waals surface area contributed by atoms with Crippen LogP contribution in [-0.2, 0) is 39.4 Å². The highest BCUT2D eigenvalue weighted by atomic mass is 28.4. The molecule has 0 aliphatic carbocycles. The van der Waals surface area contributed by atoms with Gasteiger partial charge in [-0.05, 0) is 50.2 Å². The summed E-state index contributed by atoms with van der Waals surface area (Å²) in [5.41, 5.74) is 1.66. The van der Waals surface area contributed by atoms with Crippen LogP contribution in [0.3, 0.4) is 0 Å². The highest BCUT2D eigenvalue weighted by Gasteiger charge is 2.66. The van der Waals surface area contributed by atoms with Gasteiger partial charge < -0.3 is 29.3 Å². The molecule has 10 nitrogen and oxygen atoms in total. The Morgan fingerprint density at radius 1 is 1.24 bits per heavy atom. The number of hydrogen-bond donors (Lipinski definition) is 3. The molecule has 2 aromatic carbocycles. The fourth-order valence-corrected chi connectivity index (χ4v) is 9.08. The van der Waals surface area contributed by atoms with E-state index < -0.39 is 43.6 Å². The summed E-state index contributed by atoms with van der Waals surface area (Å²) in [5.74, 6) is -1.16. The van der Waals surface area contributed by atoms with Crippen LogP contribution in [-0.4, -0.2) is 64.2 Å². The molecule has 3 heterocycles. The third kappa shape index (κ3) is 5.51. The Bertz CT molecular complexity index is 1460. The SMILES string of the molecule is C[C@H](O)C(=O)Nc1cccc(CN2C(=O)[C@]3(O[C@H](CCn4cc(CCO)nn4)[C@@H]([Si](C)(C)F)[C@@H]3C)c3ccccc32)c1. The molecule has 42 heavy (non-hydrogen) atoms. The van der Waals surface area contributed by atoms with Crippen LogP contribution >= 0.6 is 0 Å². The van der Waals surface area contributed by atoms with Crippen molar-refractivity contribution in [1.82, 2.24) is 15.0 Å². The van der Waals surface area contributed by atoms with Gasteiger partial charge in [0, 0.05) is 48.5 Å². The molecule has 224 valence electrons. The van der Waals surface area contributed by atoms with Gasteiger partial charge in [-0.15, -0.1) is 5.10 Å². The standard InChI is InChI=1S/C30H38FN5O5Si/c1-19-27(42(3,4)31)26(12-14-35-18-23(13-15-37)33-34-35)41-30(19)24-10-5-6-11-25(24)36(29(30)40)17-21-8-7-9-22(16-21)32-28(39)20(2)38/h5-11,16,18-20,26-27,37-38H,12-15,17H2,1-4H3,(H,32,39)/t19-,20-,26+,27-,30+/m0/s1. The maximum absolute atomic E-state index is 16.0. The predicted octanol–water partition coefficient (Wildman–Crippen LogP) is 3.54. The Balaban J connectivity index is 1.44. The number of aliphatic hydroxyl groups excluding tert-OH is 2. The van der Waals surface area contributed by atoms with Crippen LogP contribution in [0.5, 0.6) is 0 Å². The highest BCUT2D eigenvalue weighted by molar-refractivity contribution is 6.72. The Kier molecular flexibility index (Phi) is 8.34. The van der Waals surface area contributed by atoms with Gasteiger partial charge in [0.05, 0.1) is 24.0 Å². The zero-order valence-electron chi connectivity index (χ0n) is 24.3. The fourth-order valence-electron chi connectivity index (χ4n) is 6.54. The topological polar surface area (TPSA) is 130 Å². The molecule has 1 saturated heterocycles. The highest BCUT2D eigenvalue weighted by Crippen LogP contribution is 2.60. The number of nitrogens with zero attached hydrogens (tertiary/aromatic N) is 4. The Morgan fingerprint density at radius 2 is 2.00 bits per heavy atom. The number of rotatable bonds is 10. The zero-order valence-corrected chi connectivity index (χ0v) is 25.3. The molecule has 5 atom stereocenters. The number of carbonyl (C=O) groups excluding carboxylic acids is 2. The summed E-state index contributed by atoms with van der Waals surface area (Å²) >= 11 is 0.